The predicted molar refractivity (Wildman–Crippen MR) is 391 cm³/mol. The molecule has 0 bridgehead atoms. The fourth-order valence-corrected chi connectivity index (χ4v) is 10.9. The molecule has 4 aliphatic carbocycles. The Bertz CT molecular complexity index is 3020. The predicted octanol–water partition coefficient (Wildman–Crippen LogP) is 25.6. The molecule has 8 aromatic rings. The van der Waals surface area contributed by atoms with Gasteiger partial charge in [-0.1, -0.05) is 48.5 Å². The molecule has 3 radical (unpaired) electrons. The summed E-state index contributed by atoms with van der Waals surface area (Å²) in [7, 11) is 0. The summed E-state index contributed by atoms with van der Waals surface area (Å²) in [5.41, 5.74) is 11.6. The Labute approximate surface area is 605 Å². The van der Waals surface area contributed by atoms with Gasteiger partial charge in [-0.05, 0) is 165 Å². The van der Waals surface area contributed by atoms with Crippen molar-refractivity contribution in [1.29, 1.82) is 0 Å². The molecule has 12 rings (SSSR count). The van der Waals surface area contributed by atoms with Crippen molar-refractivity contribution < 1.29 is 249 Å². The fourth-order valence-electron chi connectivity index (χ4n) is 10.9. The van der Waals surface area contributed by atoms with Gasteiger partial charge in [0, 0.05) is 245 Å². The molecule has 1 atom stereocenters. The Morgan fingerprint density at radius 1 is 0.597 bits per heavy atom. The molecule has 0 amide bonds. The number of ketones is 1. The van der Waals surface area contributed by atoms with E-state index in [1.165, 1.54) is 58.7 Å². The van der Waals surface area contributed by atoms with E-state index >= 15 is 0 Å². The van der Waals surface area contributed by atoms with Gasteiger partial charge in [0.25, 0.3) is 0 Å². The van der Waals surface area contributed by atoms with Crippen molar-refractivity contribution in [2.75, 3.05) is 0 Å². The maximum Gasteiger partial charge on any atom is 1.00 e. The fraction of sp³-hybridized carbons (Fsp3) is 0.365. The number of aliphatic hydroxyl groups excluding tert-OH is 1. The summed E-state index contributed by atoms with van der Waals surface area (Å²) in [5.74, 6) is 2.96. The topological polar surface area (TPSA) is 97.7 Å². The number of rotatable bonds is 8. The van der Waals surface area contributed by atoms with Crippen molar-refractivity contribution in [2.24, 2.45) is 11.8 Å². The third-order valence-electron chi connectivity index (χ3n) is 14.4. The second kappa shape index (κ2) is 18.2. The SMILES string of the molecule is O=C(c1c(C2CC2)ccc2cncn12)C1CCC(c2ccnc3ccccc23)CC1.OC(c1c(C2CC2)ccc2cncn12)C1CCC(c2ccnc3ccccc23)CC1.[2H][2H].[2H][2H].[2H][2H].[2H][2H].[2H][2H].[2H][2H].[2H][2H].[2H][2H].[2H][2H].[2H][2H].[2H][2H].[2H][2H].[2H][2H].[2H][2H].[2H][2H].[2H][2H].[2H][2H].[2H][2H].[2H][2H].[2H][2H].[2H][2H].[2H][2H].[2H][2H].[2H][2H].[2H][2H].[2H][2H].[2H][2H].[2H][2H].[2H][2H].[2H][2H].[2H][2H].[2H][2H].[2H][2H].[2H][2H].[2H][2H].[2H][2H].[2H][2H].[2H][2H].[2H][2H].[2H][2H].[2H][2H].[2H][2H].[2H][2H].[2H][2H].[2H][2H].[2H][2H].[2H][2H].[2H][2H].[2H][2H].[2H][2H].[2H][2H].[2H][2H].[2H][2H].[2H][2H].[2H][2H].[2H][2H].[2H][2H].[2H][2H].[2H][2H].[2H][2H].[2H][2H].[2H][2H].[2H][2H].[2H][2H].[2H][2H].[2H][2H].[2H][2H].[2H][2H].[2H][2H].[2H][2H].[B].[H-].[Na+]. The minimum Gasteiger partial charge on any atom is -1.00 e. The van der Waals surface area contributed by atoms with Crippen LogP contribution in [0.2, 0.25) is 0 Å². The minimum absolute atomic E-state index is 0. The zero-order valence-electron chi connectivity index (χ0n) is 177. The van der Waals surface area contributed by atoms with E-state index < -0.39 is 6.10 Å². The Balaban J connectivity index is -0.0000000173. The van der Waals surface area contributed by atoms with Gasteiger partial charge in [0.15, 0.2) is 5.78 Å². The van der Waals surface area contributed by atoms with E-state index in [1.807, 2.05) is 47.9 Å². The monoisotopic (exact) mass is 1110 g/mol. The Kier molecular flexibility index (Phi) is 2.92. The van der Waals surface area contributed by atoms with E-state index in [2.05, 4.69) is 103 Å². The molecule has 62 heavy (non-hydrogen) atoms. The number of pyridine rings is 4. The maximum absolute atomic E-state index is 13.7. The molecule has 0 saturated heterocycles. The standard InChI is InChI=1S/C26H27N3O.C26H25N3O.B.Na.70H2.H/c2*30-26(25-22(18-5-6-18)12-11-20-15-27-16-29(20)25)19-9-7-17(8-10-19)21-13-14-28-24-4-2-1-3-23(21)24;;;;;;;;;;;;;;;;;;;;;;;;;;;;;;;;;;;;;;;;;;;;;;;;;;;;;;;;;;;;;;;;;;;;;;;;;/h1-4,11-19,26,30H,5-10H2;1-4,11-19H,5-10H2;;;70*1H;/q;;;+1;;;;;;;;;;;;;;;;;;;;;;;;;;;;;;;;;;;;;;;;;;;;;;;;;;;;;;;;;;;;;;;;;;;;;;;-1/i;;;;70*1+1D;. The van der Waals surface area contributed by atoms with Crippen LogP contribution in [0.3, 0.4) is 0 Å². The number of benzene rings is 2. The van der Waals surface area contributed by atoms with Crippen molar-refractivity contribution in [3.05, 3.63) is 156 Å². The number of carbonyl (C=O) groups excluding carboxylic acids is 1. The molecule has 6 aromatic heterocycles. The van der Waals surface area contributed by atoms with Gasteiger partial charge in [-0.3, -0.25) is 19.2 Å². The van der Waals surface area contributed by atoms with E-state index in [4.69, 9.17) is 208 Å². The second-order valence-corrected chi connectivity index (χ2v) is 18.0. The summed E-state index contributed by atoms with van der Waals surface area (Å²) >= 11 is 0. The summed E-state index contributed by atoms with van der Waals surface area (Å²) in [6, 6.07) is 29.8. The van der Waals surface area contributed by atoms with Gasteiger partial charge in [-0.2, -0.15) is 0 Å². The first-order valence-electron chi connectivity index (χ1n) is 92.4. The molecule has 4 fully saturated rings. The average Bonchev–Trinajstić information content (AvgIpc) is 1.63. The van der Waals surface area contributed by atoms with Crippen molar-refractivity contribution in [2.45, 2.75) is 107 Å². The third-order valence-corrected chi connectivity index (χ3v) is 14.4. The Hall–Kier alpha value is -4.67. The van der Waals surface area contributed by atoms with Gasteiger partial charge >= 0.3 is 29.6 Å². The Morgan fingerprint density at radius 3 is 1.65 bits per heavy atom. The number of nitrogens with zero attached hydrogens (tertiary/aromatic N) is 6. The van der Waals surface area contributed by atoms with Gasteiger partial charge < -0.3 is 10.9 Å². The zero-order valence-corrected chi connectivity index (χ0v) is 37.7. The number of carbonyl (C=O) groups is 1. The maximum atomic E-state index is 13.7. The zero-order chi connectivity index (χ0) is 180. The molecule has 6 heterocycles. The van der Waals surface area contributed by atoms with Crippen molar-refractivity contribution in [3.8, 4) is 0 Å². The first kappa shape index (κ1) is 9.93. The number of hydrogen-bond acceptors (Lipinski definition) is 6. The van der Waals surface area contributed by atoms with Crippen LogP contribution in [0.5, 0.6) is 0 Å². The number of hydrogen-bond donors (Lipinski definition) is 1. The molecular weight excluding hydrogens is 774 g/mol. The summed E-state index contributed by atoms with van der Waals surface area (Å²) in [5, 5.41) is 14.0. The van der Waals surface area contributed by atoms with Crippen LogP contribution in [0, 0.1) is 11.8 Å². The van der Waals surface area contributed by atoms with Crippen LogP contribution in [0.4, 0.5) is 0 Å². The van der Waals surface area contributed by atoms with Gasteiger partial charge in [0.1, 0.15) is 0 Å². The molecule has 4 aliphatic rings. The molecule has 10 heteroatoms. The van der Waals surface area contributed by atoms with Crippen LogP contribution < -0.4 is 29.6 Å². The van der Waals surface area contributed by atoms with Crippen LogP contribution in [-0.2, 0) is 0 Å². The number of aliphatic hydroxyl groups is 1. The largest absolute Gasteiger partial charge is 1.00 e. The van der Waals surface area contributed by atoms with Gasteiger partial charge in [-0.25, -0.2) is 9.97 Å². The molecule has 4 saturated carbocycles. The quantitative estimate of drug-likeness (QED) is 0.120. The van der Waals surface area contributed by atoms with E-state index in [0.717, 1.165) is 84.8 Å². The number of fused-ring (bicyclic) bond motifs is 4. The minimum atomic E-state index is -0.423. The van der Waals surface area contributed by atoms with Crippen LogP contribution in [0.1, 0.15) is 355 Å². The first-order chi connectivity index (χ1) is 99.6. The third kappa shape index (κ3) is 8.18. The molecule has 0 spiro atoms. The normalized spacial score (nSPS) is 30.8. The van der Waals surface area contributed by atoms with E-state index in [9.17, 15) is 9.90 Å². The summed E-state index contributed by atoms with van der Waals surface area (Å²) < 4.78 is 704. The molecule has 1 N–H and O–H groups in total. The number of Topliss-reactive ketones (excluding diaryl/α,β-unsaturated/α-hetero) is 1. The van der Waals surface area contributed by atoms with Crippen LogP contribution in [-0.4, -0.2) is 48.0 Å². The smallest absolute Gasteiger partial charge is 1.00 e. The molecular formula is C52H193BN6NaO2. The van der Waals surface area contributed by atoms with Crippen molar-refractivity contribution >= 4 is 47.0 Å². The number of aromatic nitrogens is 6. The number of para-hydroxylation sites is 2. The summed E-state index contributed by atoms with van der Waals surface area (Å²) in [6.07, 6.45) is 24.1. The van der Waals surface area contributed by atoms with Crippen LogP contribution >= 0.6 is 0 Å². The molecule has 8 nitrogen and oxygen atoms in total. The van der Waals surface area contributed by atoms with E-state index in [1.54, 1.807) is 0 Å². The molecule has 1 unspecified atom stereocenters. The number of imidazole rings is 2. The molecule has 2 aromatic carbocycles. The van der Waals surface area contributed by atoms with Gasteiger partial charge in [0.2, 0.25) is 0 Å². The van der Waals surface area contributed by atoms with Crippen molar-refractivity contribution in [1.82, 2.24) is 28.7 Å². The van der Waals surface area contributed by atoms with Crippen molar-refractivity contribution in [3.63, 3.8) is 0 Å². The second-order valence-electron chi connectivity index (χ2n) is 18.0. The van der Waals surface area contributed by atoms with E-state index in [0.29, 0.717) is 35.4 Å². The summed E-state index contributed by atoms with van der Waals surface area (Å²) in [6.45, 7) is 0. The van der Waals surface area contributed by atoms with Crippen LogP contribution in [0.15, 0.2) is 122 Å². The molecule has 0 aliphatic heterocycles. The molecule has 447 valence electrons. The van der Waals surface area contributed by atoms with E-state index in [-0.39, 0.29) is 45.3 Å². The van der Waals surface area contributed by atoms with Gasteiger partial charge in [0.05, 0.1) is 64.6 Å². The first-order valence-corrected chi connectivity index (χ1v) is 22.4. The van der Waals surface area contributed by atoms with Gasteiger partial charge in [-0.15, -0.1) is 0 Å². The van der Waals surface area contributed by atoms with Crippen LogP contribution in [0.25, 0.3) is 32.8 Å². The Morgan fingerprint density at radius 2 is 1.06 bits per heavy atom. The summed E-state index contributed by atoms with van der Waals surface area (Å²) in [4.78, 5) is 31.3. The average molecular weight is 1110 g/mol.